The molecule has 1 rings (SSSR count). The highest BCUT2D eigenvalue weighted by Crippen LogP contribution is 2.18. The molecule has 1 atom stereocenters. The molecule has 0 aliphatic carbocycles. The maximum absolute atomic E-state index is 11.2. The van der Waals surface area contributed by atoms with Crippen molar-refractivity contribution in [1.29, 1.82) is 0 Å². The van der Waals surface area contributed by atoms with Crippen molar-refractivity contribution >= 4 is 5.97 Å². The number of methoxy groups -OCH3 is 1. The molecular weight excluding hydrogens is 242 g/mol. The molecule has 0 saturated heterocycles. The molecule has 1 unspecified atom stereocenters. The lowest BCUT2D eigenvalue weighted by atomic mass is 10.1. The van der Waals surface area contributed by atoms with Gasteiger partial charge in [0.05, 0.1) is 20.1 Å². The van der Waals surface area contributed by atoms with Gasteiger partial charge in [-0.2, -0.15) is 0 Å². The molecule has 0 aliphatic rings. The Balaban J connectivity index is 2.34. The molecule has 0 saturated carbocycles. The van der Waals surface area contributed by atoms with Crippen LogP contribution in [0.1, 0.15) is 25.8 Å². The van der Waals surface area contributed by atoms with Gasteiger partial charge in [0.1, 0.15) is 5.75 Å². The van der Waals surface area contributed by atoms with Gasteiger partial charge in [-0.05, 0) is 31.9 Å². The van der Waals surface area contributed by atoms with Gasteiger partial charge in [0.25, 0.3) is 0 Å². The van der Waals surface area contributed by atoms with Crippen LogP contribution in [0.25, 0.3) is 0 Å². The third-order valence-electron chi connectivity index (χ3n) is 2.85. The molecule has 0 aromatic heterocycles. The highest BCUT2D eigenvalue weighted by molar-refractivity contribution is 5.69. The first-order valence-corrected chi connectivity index (χ1v) is 6.68. The van der Waals surface area contributed by atoms with Crippen molar-refractivity contribution in [2.75, 3.05) is 20.3 Å². The Kier molecular flexibility index (Phi) is 6.97. The van der Waals surface area contributed by atoms with Gasteiger partial charge in [0, 0.05) is 12.6 Å². The molecule has 0 heterocycles. The van der Waals surface area contributed by atoms with E-state index >= 15 is 0 Å². The van der Waals surface area contributed by atoms with Crippen molar-refractivity contribution < 1.29 is 14.3 Å². The molecule has 106 valence electrons. The lowest BCUT2D eigenvalue weighted by Crippen LogP contribution is -2.30. The molecule has 1 aromatic rings. The standard InChI is InChI=1S/C15H23NO3/c1-4-19-15(17)9-10-16-12(2)11-13-7-5-6-8-14(13)18-3/h5-8,12,16H,4,9-11H2,1-3H3. The van der Waals surface area contributed by atoms with E-state index in [1.807, 2.05) is 25.1 Å². The Morgan fingerprint density at radius 3 is 2.79 bits per heavy atom. The van der Waals surface area contributed by atoms with Gasteiger partial charge in [0.2, 0.25) is 0 Å². The topological polar surface area (TPSA) is 47.6 Å². The first-order valence-electron chi connectivity index (χ1n) is 6.68. The first-order chi connectivity index (χ1) is 9.17. The molecule has 1 N–H and O–H groups in total. The van der Waals surface area contributed by atoms with Crippen LogP contribution in [0.3, 0.4) is 0 Å². The molecule has 4 nitrogen and oxygen atoms in total. The second-order valence-electron chi connectivity index (χ2n) is 4.43. The fraction of sp³-hybridized carbons (Fsp3) is 0.533. The van der Waals surface area contributed by atoms with E-state index in [2.05, 4.69) is 18.3 Å². The summed E-state index contributed by atoms with van der Waals surface area (Å²) in [7, 11) is 1.68. The van der Waals surface area contributed by atoms with Gasteiger partial charge >= 0.3 is 5.97 Å². The summed E-state index contributed by atoms with van der Waals surface area (Å²) in [5, 5.41) is 3.32. The van der Waals surface area contributed by atoms with Gasteiger partial charge in [0.15, 0.2) is 0 Å². The predicted octanol–water partition coefficient (Wildman–Crippen LogP) is 2.17. The fourth-order valence-corrected chi connectivity index (χ4v) is 1.93. The fourth-order valence-electron chi connectivity index (χ4n) is 1.93. The monoisotopic (exact) mass is 265 g/mol. The van der Waals surface area contributed by atoms with E-state index in [-0.39, 0.29) is 12.0 Å². The van der Waals surface area contributed by atoms with E-state index in [4.69, 9.17) is 9.47 Å². The largest absolute Gasteiger partial charge is 0.496 e. The Morgan fingerprint density at radius 1 is 1.37 bits per heavy atom. The number of ether oxygens (including phenoxy) is 2. The quantitative estimate of drug-likeness (QED) is 0.732. The average Bonchev–Trinajstić information content (AvgIpc) is 2.39. The number of hydrogen-bond donors (Lipinski definition) is 1. The predicted molar refractivity (Wildman–Crippen MR) is 75.4 cm³/mol. The van der Waals surface area contributed by atoms with Gasteiger partial charge in [-0.1, -0.05) is 18.2 Å². The van der Waals surface area contributed by atoms with E-state index in [1.165, 1.54) is 5.56 Å². The Bertz CT molecular complexity index is 393. The van der Waals surface area contributed by atoms with Gasteiger partial charge in [-0.3, -0.25) is 4.79 Å². The molecule has 0 spiro atoms. The second kappa shape index (κ2) is 8.53. The van der Waals surface area contributed by atoms with E-state index in [1.54, 1.807) is 7.11 Å². The Labute approximate surface area is 115 Å². The van der Waals surface area contributed by atoms with Crippen molar-refractivity contribution in [2.24, 2.45) is 0 Å². The number of nitrogens with one attached hydrogen (secondary N) is 1. The first kappa shape index (κ1) is 15.5. The van der Waals surface area contributed by atoms with Crippen LogP contribution < -0.4 is 10.1 Å². The molecule has 0 aliphatic heterocycles. The molecule has 0 amide bonds. The zero-order valence-corrected chi connectivity index (χ0v) is 11.9. The van der Waals surface area contributed by atoms with Crippen LogP contribution in [0.15, 0.2) is 24.3 Å². The lowest BCUT2D eigenvalue weighted by Gasteiger charge is -2.15. The summed E-state index contributed by atoms with van der Waals surface area (Å²) in [5.41, 5.74) is 1.17. The summed E-state index contributed by atoms with van der Waals surface area (Å²) in [6.07, 6.45) is 1.27. The Hall–Kier alpha value is -1.55. The van der Waals surface area contributed by atoms with Crippen molar-refractivity contribution in [3.8, 4) is 5.75 Å². The van der Waals surface area contributed by atoms with E-state index in [9.17, 15) is 4.79 Å². The number of carbonyl (C=O) groups excluding carboxylic acids is 1. The molecule has 0 bridgehead atoms. The van der Waals surface area contributed by atoms with E-state index in [0.717, 1.165) is 12.2 Å². The molecule has 0 fully saturated rings. The summed E-state index contributed by atoms with van der Waals surface area (Å²) in [6, 6.07) is 8.26. The summed E-state index contributed by atoms with van der Waals surface area (Å²) in [5.74, 6) is 0.751. The summed E-state index contributed by atoms with van der Waals surface area (Å²) in [6.45, 7) is 4.98. The number of esters is 1. The average molecular weight is 265 g/mol. The highest BCUT2D eigenvalue weighted by atomic mass is 16.5. The van der Waals surface area contributed by atoms with Crippen LogP contribution in [0.5, 0.6) is 5.75 Å². The van der Waals surface area contributed by atoms with Gasteiger partial charge in [-0.25, -0.2) is 0 Å². The summed E-state index contributed by atoms with van der Waals surface area (Å²) < 4.78 is 10.2. The number of carbonyl (C=O) groups is 1. The zero-order chi connectivity index (χ0) is 14.1. The third kappa shape index (κ3) is 5.75. The van der Waals surface area contributed by atoms with Gasteiger partial charge in [-0.15, -0.1) is 0 Å². The van der Waals surface area contributed by atoms with Crippen molar-refractivity contribution in [1.82, 2.24) is 5.32 Å². The van der Waals surface area contributed by atoms with E-state index in [0.29, 0.717) is 19.6 Å². The lowest BCUT2D eigenvalue weighted by molar-refractivity contribution is -0.142. The normalized spacial score (nSPS) is 11.9. The minimum absolute atomic E-state index is 0.153. The van der Waals surface area contributed by atoms with Crippen molar-refractivity contribution in [3.05, 3.63) is 29.8 Å². The molecule has 19 heavy (non-hydrogen) atoms. The van der Waals surface area contributed by atoms with Crippen molar-refractivity contribution in [3.63, 3.8) is 0 Å². The number of rotatable bonds is 8. The second-order valence-corrected chi connectivity index (χ2v) is 4.43. The number of para-hydroxylation sites is 1. The molecule has 4 heteroatoms. The third-order valence-corrected chi connectivity index (χ3v) is 2.85. The number of benzene rings is 1. The van der Waals surface area contributed by atoms with Crippen molar-refractivity contribution in [2.45, 2.75) is 32.7 Å². The molecule has 1 aromatic carbocycles. The van der Waals surface area contributed by atoms with Crippen LogP contribution in [0.4, 0.5) is 0 Å². The van der Waals surface area contributed by atoms with Crippen LogP contribution in [-0.4, -0.2) is 32.3 Å². The van der Waals surface area contributed by atoms with E-state index < -0.39 is 0 Å². The minimum Gasteiger partial charge on any atom is -0.496 e. The highest BCUT2D eigenvalue weighted by Gasteiger charge is 2.08. The minimum atomic E-state index is -0.153. The SMILES string of the molecule is CCOC(=O)CCNC(C)Cc1ccccc1OC. The maximum atomic E-state index is 11.2. The van der Waals surface area contributed by atoms with Crippen LogP contribution in [-0.2, 0) is 16.0 Å². The van der Waals surface area contributed by atoms with Crippen LogP contribution in [0.2, 0.25) is 0 Å². The van der Waals surface area contributed by atoms with Crippen LogP contribution >= 0.6 is 0 Å². The Morgan fingerprint density at radius 2 is 2.11 bits per heavy atom. The molecule has 0 radical (unpaired) electrons. The summed E-state index contributed by atoms with van der Waals surface area (Å²) >= 11 is 0. The zero-order valence-electron chi connectivity index (χ0n) is 11.9. The maximum Gasteiger partial charge on any atom is 0.307 e. The van der Waals surface area contributed by atoms with Crippen LogP contribution in [0, 0.1) is 0 Å². The molecular formula is C15H23NO3. The number of hydrogen-bond acceptors (Lipinski definition) is 4. The summed E-state index contributed by atoms with van der Waals surface area (Å²) in [4.78, 5) is 11.2. The smallest absolute Gasteiger partial charge is 0.307 e. The van der Waals surface area contributed by atoms with Gasteiger partial charge < -0.3 is 14.8 Å².